The fourth-order valence-electron chi connectivity index (χ4n) is 1.88. The van der Waals surface area contributed by atoms with E-state index in [1.807, 2.05) is 32.0 Å². The molecule has 0 aromatic heterocycles. The lowest BCUT2D eigenvalue weighted by molar-refractivity contribution is 0.332. The Kier molecular flexibility index (Phi) is 11.7. The number of nitrogens with one attached hydrogen (secondary N) is 1. The van der Waals surface area contributed by atoms with Crippen LogP contribution in [-0.4, -0.2) is 25.7 Å². The van der Waals surface area contributed by atoms with Gasteiger partial charge in [0.15, 0.2) is 5.96 Å². The first-order chi connectivity index (χ1) is 10.2. The van der Waals surface area contributed by atoms with Gasteiger partial charge in [-0.2, -0.15) is 0 Å². The minimum atomic E-state index is 0. The Hall–Kier alpha value is -1.18. The van der Waals surface area contributed by atoms with Gasteiger partial charge in [-0.15, -0.1) is 24.0 Å². The highest BCUT2D eigenvalue weighted by molar-refractivity contribution is 14.0. The highest BCUT2D eigenvalue weighted by Crippen LogP contribution is 2.29. The molecule has 0 saturated heterocycles. The Morgan fingerprint density at radius 1 is 1.14 bits per heavy atom. The largest absolute Gasteiger partial charge is 0.494 e. The third-order valence-electron chi connectivity index (χ3n) is 2.87. The van der Waals surface area contributed by atoms with Crippen molar-refractivity contribution in [3.05, 3.63) is 18.2 Å². The third-order valence-corrected chi connectivity index (χ3v) is 2.87. The summed E-state index contributed by atoms with van der Waals surface area (Å²) in [4.78, 5) is 4.32. The SMILES string of the molecule is CCCCCN=C(N)Nc1cc(OCC)ccc1OCC.I. The van der Waals surface area contributed by atoms with E-state index in [4.69, 9.17) is 15.2 Å². The zero-order chi connectivity index (χ0) is 15.5. The Balaban J connectivity index is 0.00000441. The minimum absolute atomic E-state index is 0. The number of rotatable bonds is 9. The van der Waals surface area contributed by atoms with E-state index in [9.17, 15) is 0 Å². The van der Waals surface area contributed by atoms with E-state index < -0.39 is 0 Å². The Morgan fingerprint density at radius 2 is 1.86 bits per heavy atom. The summed E-state index contributed by atoms with van der Waals surface area (Å²) in [5.74, 6) is 1.93. The zero-order valence-electron chi connectivity index (χ0n) is 13.7. The first-order valence-corrected chi connectivity index (χ1v) is 7.67. The minimum Gasteiger partial charge on any atom is -0.494 e. The van der Waals surface area contributed by atoms with Crippen LogP contribution in [0.3, 0.4) is 0 Å². The van der Waals surface area contributed by atoms with Gasteiger partial charge < -0.3 is 20.5 Å². The molecule has 1 rings (SSSR count). The van der Waals surface area contributed by atoms with Crippen molar-refractivity contribution in [3.8, 4) is 11.5 Å². The van der Waals surface area contributed by atoms with Gasteiger partial charge in [-0.3, -0.25) is 4.99 Å². The molecule has 6 heteroatoms. The van der Waals surface area contributed by atoms with E-state index in [0.717, 1.165) is 30.2 Å². The van der Waals surface area contributed by atoms with Crippen molar-refractivity contribution in [1.29, 1.82) is 0 Å². The number of hydrogen-bond donors (Lipinski definition) is 2. The molecule has 0 aliphatic rings. The number of benzene rings is 1. The van der Waals surface area contributed by atoms with Gasteiger partial charge in [-0.1, -0.05) is 19.8 Å². The van der Waals surface area contributed by atoms with Crippen molar-refractivity contribution in [1.82, 2.24) is 0 Å². The van der Waals surface area contributed by atoms with Gasteiger partial charge in [0.2, 0.25) is 0 Å². The normalized spacial score (nSPS) is 10.8. The summed E-state index contributed by atoms with van der Waals surface area (Å²) in [6.07, 6.45) is 3.39. The van der Waals surface area contributed by atoms with Crippen LogP contribution in [0.4, 0.5) is 5.69 Å². The fourth-order valence-corrected chi connectivity index (χ4v) is 1.88. The smallest absolute Gasteiger partial charge is 0.193 e. The van der Waals surface area contributed by atoms with Crippen molar-refractivity contribution in [2.24, 2.45) is 10.7 Å². The maximum Gasteiger partial charge on any atom is 0.193 e. The van der Waals surface area contributed by atoms with Crippen LogP contribution in [-0.2, 0) is 0 Å². The Bertz CT molecular complexity index is 453. The quantitative estimate of drug-likeness (QED) is 0.274. The van der Waals surface area contributed by atoms with Gasteiger partial charge in [-0.05, 0) is 32.4 Å². The molecule has 0 amide bonds. The van der Waals surface area contributed by atoms with Gasteiger partial charge in [0.25, 0.3) is 0 Å². The molecule has 0 atom stereocenters. The average Bonchev–Trinajstić information content (AvgIpc) is 2.47. The van der Waals surface area contributed by atoms with Crippen molar-refractivity contribution in [2.45, 2.75) is 40.0 Å². The molecule has 0 heterocycles. The zero-order valence-corrected chi connectivity index (χ0v) is 16.1. The van der Waals surface area contributed by atoms with Gasteiger partial charge in [-0.25, -0.2) is 0 Å². The summed E-state index contributed by atoms with van der Waals surface area (Å²) < 4.78 is 11.1. The first kappa shape index (κ1) is 20.8. The summed E-state index contributed by atoms with van der Waals surface area (Å²) in [7, 11) is 0. The van der Waals surface area contributed by atoms with Crippen LogP contribution < -0.4 is 20.5 Å². The van der Waals surface area contributed by atoms with E-state index in [1.54, 1.807) is 0 Å². The number of hydrogen-bond acceptors (Lipinski definition) is 3. The fraction of sp³-hybridized carbons (Fsp3) is 0.562. The summed E-state index contributed by atoms with van der Waals surface area (Å²) in [5, 5.41) is 3.09. The molecule has 22 heavy (non-hydrogen) atoms. The summed E-state index contributed by atoms with van der Waals surface area (Å²) >= 11 is 0. The molecule has 3 N–H and O–H groups in total. The van der Waals surface area contributed by atoms with Gasteiger partial charge in [0.1, 0.15) is 11.5 Å². The molecule has 5 nitrogen and oxygen atoms in total. The van der Waals surface area contributed by atoms with Gasteiger partial charge in [0, 0.05) is 12.6 Å². The van der Waals surface area contributed by atoms with Crippen LogP contribution in [0.1, 0.15) is 40.0 Å². The second-order valence-electron chi connectivity index (χ2n) is 4.62. The molecule has 126 valence electrons. The molecule has 1 aromatic carbocycles. The lowest BCUT2D eigenvalue weighted by Crippen LogP contribution is -2.23. The summed E-state index contributed by atoms with van der Waals surface area (Å²) in [5.41, 5.74) is 6.70. The molecule has 0 bridgehead atoms. The number of halogens is 1. The number of guanidine groups is 1. The van der Waals surface area contributed by atoms with Crippen LogP contribution in [0.2, 0.25) is 0 Å². The standard InChI is InChI=1S/C16H27N3O2.HI/c1-4-7-8-11-18-16(17)19-14-12-13(20-5-2)9-10-15(14)21-6-3;/h9-10,12H,4-8,11H2,1-3H3,(H3,17,18,19);1H. The monoisotopic (exact) mass is 421 g/mol. The first-order valence-electron chi connectivity index (χ1n) is 7.67. The second-order valence-corrected chi connectivity index (χ2v) is 4.62. The van der Waals surface area contributed by atoms with E-state index in [2.05, 4.69) is 17.2 Å². The number of unbranched alkanes of at least 4 members (excludes halogenated alkanes) is 2. The van der Waals surface area contributed by atoms with Gasteiger partial charge >= 0.3 is 0 Å². The second kappa shape index (κ2) is 12.4. The maximum atomic E-state index is 5.92. The maximum absolute atomic E-state index is 5.92. The molecule has 0 aliphatic heterocycles. The number of ether oxygens (including phenoxy) is 2. The number of anilines is 1. The van der Waals surface area contributed by atoms with E-state index in [1.165, 1.54) is 12.8 Å². The topological polar surface area (TPSA) is 68.9 Å². The van der Waals surface area contributed by atoms with Crippen molar-refractivity contribution >= 4 is 35.6 Å². The molecule has 0 spiro atoms. The molecule has 1 aromatic rings. The Labute approximate surface area is 150 Å². The third kappa shape index (κ3) is 7.72. The highest BCUT2D eigenvalue weighted by Gasteiger charge is 2.07. The summed E-state index contributed by atoms with van der Waals surface area (Å²) in [6.45, 7) is 8.01. The summed E-state index contributed by atoms with van der Waals surface area (Å²) in [6, 6.07) is 5.64. The number of aliphatic imine (C=N–C) groups is 1. The molecular weight excluding hydrogens is 393 g/mol. The molecular formula is C16H28IN3O2. The lowest BCUT2D eigenvalue weighted by atomic mass is 10.2. The predicted octanol–water partition coefficient (Wildman–Crippen LogP) is 4.02. The average molecular weight is 421 g/mol. The van der Waals surface area contributed by atoms with Crippen LogP contribution in [0.25, 0.3) is 0 Å². The Morgan fingerprint density at radius 3 is 2.50 bits per heavy atom. The predicted molar refractivity (Wildman–Crippen MR) is 104 cm³/mol. The van der Waals surface area contributed by atoms with Crippen LogP contribution in [0.15, 0.2) is 23.2 Å². The van der Waals surface area contributed by atoms with Crippen LogP contribution in [0.5, 0.6) is 11.5 Å². The molecule has 0 fully saturated rings. The lowest BCUT2D eigenvalue weighted by Gasteiger charge is -2.14. The number of nitrogens with zero attached hydrogens (tertiary/aromatic N) is 1. The van der Waals surface area contributed by atoms with Crippen LogP contribution >= 0.6 is 24.0 Å². The van der Waals surface area contributed by atoms with E-state index in [0.29, 0.717) is 19.2 Å². The van der Waals surface area contributed by atoms with Gasteiger partial charge in [0.05, 0.1) is 18.9 Å². The highest BCUT2D eigenvalue weighted by atomic mass is 127. The van der Waals surface area contributed by atoms with Crippen molar-refractivity contribution in [3.63, 3.8) is 0 Å². The van der Waals surface area contributed by atoms with Crippen molar-refractivity contribution in [2.75, 3.05) is 25.1 Å². The molecule has 0 radical (unpaired) electrons. The number of nitrogens with two attached hydrogens (primary N) is 1. The van der Waals surface area contributed by atoms with Crippen molar-refractivity contribution < 1.29 is 9.47 Å². The van der Waals surface area contributed by atoms with E-state index >= 15 is 0 Å². The van der Waals surface area contributed by atoms with E-state index in [-0.39, 0.29) is 24.0 Å². The molecule has 0 saturated carbocycles. The van der Waals surface area contributed by atoms with Crippen LogP contribution in [0, 0.1) is 0 Å². The molecule has 0 aliphatic carbocycles. The molecule has 0 unspecified atom stereocenters.